The molecule has 1 atom stereocenters. The van der Waals surface area contributed by atoms with E-state index in [1.807, 2.05) is 26.0 Å². The highest BCUT2D eigenvalue weighted by atomic mass is 16.4. The molecule has 6 heteroatoms. The molecule has 0 spiro atoms. The normalized spacial score (nSPS) is 21.4. The number of aliphatic hydroxyl groups is 1. The molecule has 25 heavy (non-hydrogen) atoms. The van der Waals surface area contributed by atoms with Crippen LogP contribution in [0.2, 0.25) is 0 Å². The Hall–Kier alpha value is -2.08. The van der Waals surface area contributed by atoms with Crippen LogP contribution in [0.25, 0.3) is 0 Å². The van der Waals surface area contributed by atoms with E-state index < -0.39 is 5.97 Å². The number of benzene rings is 1. The van der Waals surface area contributed by atoms with Crippen LogP contribution in [-0.4, -0.2) is 40.9 Å². The van der Waals surface area contributed by atoms with Gasteiger partial charge in [0.2, 0.25) is 0 Å². The molecule has 0 aliphatic heterocycles. The van der Waals surface area contributed by atoms with E-state index in [-0.39, 0.29) is 30.6 Å². The van der Waals surface area contributed by atoms with Crippen molar-refractivity contribution >= 4 is 12.0 Å². The maximum Gasteiger partial charge on any atom is 0.315 e. The van der Waals surface area contributed by atoms with Crippen molar-refractivity contribution in [2.24, 2.45) is 5.92 Å². The second-order valence-corrected chi connectivity index (χ2v) is 7.01. The Kier molecular flexibility index (Phi) is 6.82. The number of rotatable bonds is 6. The molecule has 6 nitrogen and oxygen atoms in total. The van der Waals surface area contributed by atoms with Crippen molar-refractivity contribution in [2.45, 2.75) is 58.0 Å². The zero-order valence-corrected chi connectivity index (χ0v) is 14.9. The molecular weight excluding hydrogens is 320 g/mol. The van der Waals surface area contributed by atoms with Gasteiger partial charge in [-0.3, -0.25) is 4.79 Å². The number of aryl methyl sites for hydroxylation is 2. The predicted octanol–water partition coefficient (Wildman–Crippen LogP) is 2.15. The molecule has 0 heterocycles. The molecule has 1 aromatic rings. The smallest absolute Gasteiger partial charge is 0.315 e. The quantitative estimate of drug-likeness (QED) is 0.633. The van der Waals surface area contributed by atoms with E-state index in [2.05, 4.69) is 16.7 Å². The number of aliphatic carboxylic acids is 1. The van der Waals surface area contributed by atoms with Crippen molar-refractivity contribution in [3.63, 3.8) is 0 Å². The van der Waals surface area contributed by atoms with Gasteiger partial charge in [0.25, 0.3) is 0 Å². The molecular formula is C19H28N2O4. The second kappa shape index (κ2) is 8.85. The van der Waals surface area contributed by atoms with Crippen LogP contribution >= 0.6 is 0 Å². The van der Waals surface area contributed by atoms with Gasteiger partial charge in [-0.2, -0.15) is 0 Å². The van der Waals surface area contributed by atoms with Gasteiger partial charge in [-0.05, 0) is 62.6 Å². The van der Waals surface area contributed by atoms with Crippen molar-refractivity contribution in [3.05, 3.63) is 34.9 Å². The highest BCUT2D eigenvalue weighted by molar-refractivity contribution is 5.75. The predicted molar refractivity (Wildman–Crippen MR) is 95.5 cm³/mol. The molecule has 1 saturated carbocycles. The van der Waals surface area contributed by atoms with E-state index in [0.717, 1.165) is 5.56 Å². The van der Waals surface area contributed by atoms with Crippen molar-refractivity contribution in [2.75, 3.05) is 6.61 Å². The molecule has 0 saturated heterocycles. The first-order chi connectivity index (χ1) is 11.9. The Morgan fingerprint density at radius 1 is 1.16 bits per heavy atom. The Balaban J connectivity index is 1.81. The summed E-state index contributed by atoms with van der Waals surface area (Å²) in [5.74, 6) is -1.05. The third-order valence-corrected chi connectivity index (χ3v) is 5.02. The molecule has 1 fully saturated rings. The number of carbonyl (C=O) groups is 2. The van der Waals surface area contributed by atoms with E-state index in [4.69, 9.17) is 5.11 Å². The Labute approximate surface area is 148 Å². The Morgan fingerprint density at radius 2 is 1.84 bits per heavy atom. The van der Waals surface area contributed by atoms with Gasteiger partial charge in [0.15, 0.2) is 0 Å². The van der Waals surface area contributed by atoms with Crippen molar-refractivity contribution < 1.29 is 19.8 Å². The van der Waals surface area contributed by atoms with Crippen LogP contribution in [-0.2, 0) is 11.2 Å². The van der Waals surface area contributed by atoms with Gasteiger partial charge in [-0.15, -0.1) is 0 Å². The molecule has 1 aliphatic carbocycles. The van der Waals surface area contributed by atoms with Crippen LogP contribution in [0.4, 0.5) is 4.79 Å². The molecule has 1 aliphatic rings. The Bertz CT molecular complexity index is 609. The third-order valence-electron chi connectivity index (χ3n) is 5.02. The summed E-state index contributed by atoms with van der Waals surface area (Å²) in [6.07, 6.45) is 3.09. The summed E-state index contributed by atoms with van der Waals surface area (Å²) in [5, 5.41) is 24.3. The van der Waals surface area contributed by atoms with Gasteiger partial charge >= 0.3 is 12.0 Å². The number of urea groups is 1. The molecule has 1 unspecified atom stereocenters. The lowest BCUT2D eigenvalue weighted by molar-refractivity contribution is -0.142. The van der Waals surface area contributed by atoms with Gasteiger partial charge in [0.1, 0.15) is 0 Å². The molecule has 2 amide bonds. The summed E-state index contributed by atoms with van der Waals surface area (Å²) in [6, 6.07) is 5.47. The molecule has 1 aromatic carbocycles. The highest BCUT2D eigenvalue weighted by Gasteiger charge is 2.27. The highest BCUT2D eigenvalue weighted by Crippen LogP contribution is 2.24. The van der Waals surface area contributed by atoms with Crippen molar-refractivity contribution in [1.29, 1.82) is 0 Å². The number of hydrogen-bond acceptors (Lipinski definition) is 3. The first-order valence-electron chi connectivity index (χ1n) is 8.86. The summed E-state index contributed by atoms with van der Waals surface area (Å²) in [6.45, 7) is 3.96. The maximum atomic E-state index is 12.2. The van der Waals surface area contributed by atoms with E-state index in [0.29, 0.717) is 32.1 Å². The number of carboxylic acid groups (broad SMARTS) is 1. The van der Waals surface area contributed by atoms with Gasteiger partial charge in [-0.1, -0.05) is 18.2 Å². The number of nitrogens with one attached hydrogen (secondary N) is 2. The summed E-state index contributed by atoms with van der Waals surface area (Å²) < 4.78 is 0. The number of carbonyl (C=O) groups excluding carboxylic acids is 1. The SMILES string of the molecule is Cc1ccc(CC(CO)NC(=O)NC2CCC(C(=O)O)CC2)cc1C. The maximum absolute atomic E-state index is 12.2. The summed E-state index contributed by atoms with van der Waals surface area (Å²) in [5.41, 5.74) is 3.48. The number of amides is 2. The molecule has 0 radical (unpaired) electrons. The zero-order chi connectivity index (χ0) is 18.4. The van der Waals surface area contributed by atoms with Crippen molar-refractivity contribution in [1.82, 2.24) is 10.6 Å². The van der Waals surface area contributed by atoms with Crippen LogP contribution in [0, 0.1) is 19.8 Å². The summed E-state index contributed by atoms with van der Waals surface area (Å²) in [7, 11) is 0. The fraction of sp³-hybridized carbons (Fsp3) is 0.579. The minimum Gasteiger partial charge on any atom is -0.481 e. The van der Waals surface area contributed by atoms with Gasteiger partial charge in [-0.25, -0.2) is 4.79 Å². The molecule has 138 valence electrons. The van der Waals surface area contributed by atoms with Crippen LogP contribution in [0.1, 0.15) is 42.4 Å². The zero-order valence-electron chi connectivity index (χ0n) is 14.9. The average molecular weight is 348 g/mol. The summed E-state index contributed by atoms with van der Waals surface area (Å²) >= 11 is 0. The molecule has 0 bridgehead atoms. The second-order valence-electron chi connectivity index (χ2n) is 7.01. The number of aliphatic hydroxyl groups excluding tert-OH is 1. The van der Waals surface area contributed by atoms with Crippen LogP contribution in [0.3, 0.4) is 0 Å². The number of hydrogen-bond donors (Lipinski definition) is 4. The molecule has 0 aromatic heterocycles. The standard InChI is InChI=1S/C19H28N2O4/c1-12-3-4-14(9-13(12)2)10-17(11-22)21-19(25)20-16-7-5-15(6-8-16)18(23)24/h3-4,9,15-17,22H,5-8,10-11H2,1-2H3,(H,23,24)(H2,20,21,25). The molecule has 4 N–H and O–H groups in total. The minimum atomic E-state index is -0.753. The fourth-order valence-corrected chi connectivity index (χ4v) is 3.27. The van der Waals surface area contributed by atoms with Gasteiger partial charge < -0.3 is 20.8 Å². The van der Waals surface area contributed by atoms with E-state index in [1.54, 1.807) is 0 Å². The van der Waals surface area contributed by atoms with Crippen LogP contribution in [0.5, 0.6) is 0 Å². The van der Waals surface area contributed by atoms with Crippen LogP contribution < -0.4 is 10.6 Å². The summed E-state index contributed by atoms with van der Waals surface area (Å²) in [4.78, 5) is 23.1. The van der Waals surface area contributed by atoms with E-state index >= 15 is 0 Å². The third kappa shape index (κ3) is 5.74. The number of carboxylic acids is 1. The minimum absolute atomic E-state index is 0.00318. The molecule has 2 rings (SSSR count). The lowest BCUT2D eigenvalue weighted by atomic mass is 9.86. The lowest BCUT2D eigenvalue weighted by Crippen LogP contribution is -2.49. The van der Waals surface area contributed by atoms with E-state index in [1.165, 1.54) is 11.1 Å². The largest absolute Gasteiger partial charge is 0.481 e. The van der Waals surface area contributed by atoms with Crippen molar-refractivity contribution in [3.8, 4) is 0 Å². The van der Waals surface area contributed by atoms with Gasteiger partial charge in [0.05, 0.1) is 18.6 Å². The lowest BCUT2D eigenvalue weighted by Gasteiger charge is -2.27. The topological polar surface area (TPSA) is 98.7 Å². The average Bonchev–Trinajstić information content (AvgIpc) is 2.58. The fourth-order valence-electron chi connectivity index (χ4n) is 3.27. The first-order valence-corrected chi connectivity index (χ1v) is 8.86. The van der Waals surface area contributed by atoms with Gasteiger partial charge in [0, 0.05) is 6.04 Å². The van der Waals surface area contributed by atoms with E-state index in [9.17, 15) is 14.7 Å². The first kappa shape index (κ1) is 19.2. The Morgan fingerprint density at radius 3 is 2.40 bits per heavy atom. The van der Waals surface area contributed by atoms with Crippen LogP contribution in [0.15, 0.2) is 18.2 Å². The monoisotopic (exact) mass is 348 g/mol.